The normalized spacial score (nSPS) is 13.3. The number of rotatable bonds is 5. The molecule has 1 aromatic carbocycles. The first-order valence-corrected chi connectivity index (χ1v) is 6.37. The van der Waals surface area contributed by atoms with Crippen LogP contribution in [-0.4, -0.2) is 30.1 Å². The highest BCUT2D eigenvalue weighted by molar-refractivity contribution is 5.83. The molecule has 1 amide bonds. The van der Waals surface area contributed by atoms with Gasteiger partial charge in [0, 0.05) is 6.54 Å². The number of hydrogen-bond donors (Lipinski definition) is 1. The van der Waals surface area contributed by atoms with Crippen LogP contribution in [0.5, 0.6) is 0 Å². The first-order valence-electron chi connectivity index (χ1n) is 6.37. The Kier molecular flexibility index (Phi) is 5.56. The van der Waals surface area contributed by atoms with Crippen molar-refractivity contribution >= 4 is 5.91 Å². The predicted octanol–water partition coefficient (Wildman–Crippen LogP) is 2.73. The molecule has 0 aromatic heterocycles. The topological polar surface area (TPSA) is 46.3 Å². The van der Waals surface area contributed by atoms with Gasteiger partial charge in [-0.25, -0.2) is 0 Å². The van der Waals surface area contributed by atoms with E-state index in [1.54, 1.807) is 44.2 Å². The lowest BCUT2D eigenvalue weighted by molar-refractivity contribution is -0.163. The van der Waals surface area contributed by atoms with Crippen molar-refractivity contribution in [3.63, 3.8) is 0 Å². The maximum Gasteiger partial charge on any atom is 0.406 e. The van der Waals surface area contributed by atoms with E-state index in [9.17, 15) is 18.0 Å². The van der Waals surface area contributed by atoms with Crippen LogP contribution in [0.3, 0.4) is 0 Å². The second kappa shape index (κ2) is 6.74. The maximum atomic E-state index is 12.5. The minimum Gasteiger partial charge on any atom is -0.332 e. The van der Waals surface area contributed by atoms with Gasteiger partial charge in [0.1, 0.15) is 12.6 Å². The molecule has 0 aliphatic carbocycles. The van der Waals surface area contributed by atoms with Gasteiger partial charge in [0.15, 0.2) is 0 Å². The summed E-state index contributed by atoms with van der Waals surface area (Å²) in [5, 5.41) is 0. The van der Waals surface area contributed by atoms with Gasteiger partial charge in [0.25, 0.3) is 0 Å². The quantitative estimate of drug-likeness (QED) is 0.905. The van der Waals surface area contributed by atoms with Crippen molar-refractivity contribution in [1.29, 1.82) is 0 Å². The molecule has 2 N–H and O–H groups in total. The largest absolute Gasteiger partial charge is 0.406 e. The summed E-state index contributed by atoms with van der Waals surface area (Å²) in [6.07, 6.45) is -4.43. The number of alkyl halides is 3. The zero-order chi connectivity index (χ0) is 15.3. The summed E-state index contributed by atoms with van der Waals surface area (Å²) in [6, 6.07) is 7.32. The van der Waals surface area contributed by atoms with Crippen LogP contribution in [0.15, 0.2) is 30.3 Å². The molecule has 0 heterocycles. The molecule has 112 valence electrons. The molecule has 0 fully saturated rings. The number of nitrogens with two attached hydrogens (primary N) is 1. The minimum absolute atomic E-state index is 0.0267. The Labute approximate surface area is 116 Å². The Morgan fingerprint density at radius 2 is 1.80 bits per heavy atom. The molecule has 20 heavy (non-hydrogen) atoms. The summed E-state index contributed by atoms with van der Waals surface area (Å²) in [6.45, 7) is 2.26. The van der Waals surface area contributed by atoms with E-state index in [4.69, 9.17) is 5.73 Å². The highest BCUT2D eigenvalue weighted by atomic mass is 19.4. The number of hydrogen-bond acceptors (Lipinski definition) is 2. The fourth-order valence-electron chi connectivity index (χ4n) is 1.89. The number of halogens is 3. The van der Waals surface area contributed by atoms with Crippen LogP contribution in [0.4, 0.5) is 13.2 Å². The fourth-order valence-corrected chi connectivity index (χ4v) is 1.89. The summed E-state index contributed by atoms with van der Waals surface area (Å²) >= 11 is 0. The van der Waals surface area contributed by atoms with Crippen molar-refractivity contribution in [3.05, 3.63) is 35.9 Å². The first kappa shape index (κ1) is 16.5. The molecule has 0 radical (unpaired) electrons. The highest BCUT2D eigenvalue weighted by Gasteiger charge is 2.35. The maximum absolute atomic E-state index is 12.5. The summed E-state index contributed by atoms with van der Waals surface area (Å²) in [5.74, 6) is -0.772. The molecule has 0 aliphatic heterocycles. The standard InChI is InChI=1S/C14H19F3N2O/c1-10(2)8-19(9-14(15,16)17)13(20)12(18)11-6-4-3-5-7-11/h3-7,10,12H,8-9,18H2,1-2H3. The Hall–Kier alpha value is -1.56. The van der Waals surface area contributed by atoms with Gasteiger partial charge in [-0.05, 0) is 11.5 Å². The molecule has 0 bridgehead atoms. The van der Waals surface area contributed by atoms with E-state index in [1.165, 1.54) is 0 Å². The van der Waals surface area contributed by atoms with E-state index in [0.29, 0.717) is 5.56 Å². The Bertz CT molecular complexity index is 432. The fraction of sp³-hybridized carbons (Fsp3) is 0.500. The lowest BCUT2D eigenvalue weighted by Crippen LogP contribution is -2.45. The van der Waals surface area contributed by atoms with E-state index < -0.39 is 24.7 Å². The van der Waals surface area contributed by atoms with Crippen LogP contribution in [0.1, 0.15) is 25.5 Å². The molecule has 1 atom stereocenters. The lowest BCUT2D eigenvalue weighted by atomic mass is 10.1. The van der Waals surface area contributed by atoms with Gasteiger partial charge in [-0.15, -0.1) is 0 Å². The van der Waals surface area contributed by atoms with Crippen molar-refractivity contribution in [2.45, 2.75) is 26.1 Å². The van der Waals surface area contributed by atoms with Crippen molar-refractivity contribution in [2.75, 3.05) is 13.1 Å². The molecular formula is C14H19F3N2O. The zero-order valence-electron chi connectivity index (χ0n) is 11.5. The van der Waals surface area contributed by atoms with Gasteiger partial charge >= 0.3 is 6.18 Å². The molecule has 0 saturated heterocycles. The number of nitrogens with zero attached hydrogens (tertiary/aromatic N) is 1. The predicted molar refractivity (Wildman–Crippen MR) is 70.8 cm³/mol. The first-order chi connectivity index (χ1) is 9.20. The van der Waals surface area contributed by atoms with Gasteiger partial charge in [-0.1, -0.05) is 44.2 Å². The number of amides is 1. The van der Waals surface area contributed by atoms with Crippen LogP contribution >= 0.6 is 0 Å². The highest BCUT2D eigenvalue weighted by Crippen LogP contribution is 2.20. The van der Waals surface area contributed by atoms with E-state index in [2.05, 4.69) is 0 Å². The van der Waals surface area contributed by atoms with Crippen molar-refractivity contribution in [2.24, 2.45) is 11.7 Å². The second-order valence-electron chi connectivity index (χ2n) is 5.12. The molecule has 6 heteroatoms. The number of carbonyl (C=O) groups excluding carboxylic acids is 1. The van der Waals surface area contributed by atoms with Gasteiger partial charge in [0.2, 0.25) is 5.91 Å². The minimum atomic E-state index is -4.43. The van der Waals surface area contributed by atoms with Gasteiger partial charge < -0.3 is 10.6 Å². The summed E-state index contributed by atoms with van der Waals surface area (Å²) in [7, 11) is 0. The summed E-state index contributed by atoms with van der Waals surface area (Å²) < 4.78 is 37.6. The van der Waals surface area contributed by atoms with E-state index >= 15 is 0 Å². The van der Waals surface area contributed by atoms with Crippen molar-refractivity contribution in [1.82, 2.24) is 4.90 Å². The molecule has 0 saturated carbocycles. The summed E-state index contributed by atoms with van der Waals surface area (Å²) in [5.41, 5.74) is 6.28. The third kappa shape index (κ3) is 5.21. The molecular weight excluding hydrogens is 269 g/mol. The van der Waals surface area contributed by atoms with Crippen molar-refractivity contribution in [3.8, 4) is 0 Å². The van der Waals surface area contributed by atoms with E-state index in [0.717, 1.165) is 4.90 Å². The number of benzene rings is 1. The Balaban J connectivity index is 2.87. The van der Waals surface area contributed by atoms with Crippen LogP contribution in [0.2, 0.25) is 0 Å². The Morgan fingerprint density at radius 1 is 1.25 bits per heavy atom. The smallest absolute Gasteiger partial charge is 0.332 e. The van der Waals surface area contributed by atoms with Crippen LogP contribution < -0.4 is 5.73 Å². The Morgan fingerprint density at radius 3 is 2.25 bits per heavy atom. The molecule has 0 spiro atoms. The van der Waals surface area contributed by atoms with Crippen LogP contribution in [0, 0.1) is 5.92 Å². The second-order valence-corrected chi connectivity index (χ2v) is 5.12. The molecule has 0 aliphatic rings. The SMILES string of the molecule is CC(C)CN(CC(F)(F)F)C(=O)C(N)c1ccccc1. The van der Waals surface area contributed by atoms with Crippen molar-refractivity contribution < 1.29 is 18.0 Å². The average Bonchev–Trinajstić information content (AvgIpc) is 2.35. The average molecular weight is 288 g/mol. The van der Waals surface area contributed by atoms with Crippen LogP contribution in [-0.2, 0) is 4.79 Å². The molecule has 1 aromatic rings. The van der Waals surface area contributed by atoms with Gasteiger partial charge in [-0.2, -0.15) is 13.2 Å². The van der Waals surface area contributed by atoms with Gasteiger partial charge in [0.05, 0.1) is 0 Å². The third-order valence-corrected chi connectivity index (χ3v) is 2.69. The molecule has 1 unspecified atom stereocenters. The lowest BCUT2D eigenvalue weighted by Gasteiger charge is -2.28. The molecule has 3 nitrogen and oxygen atoms in total. The number of carbonyl (C=O) groups is 1. The van der Waals surface area contributed by atoms with E-state index in [-0.39, 0.29) is 12.5 Å². The molecule has 1 rings (SSSR count). The van der Waals surface area contributed by atoms with E-state index in [1.807, 2.05) is 0 Å². The van der Waals surface area contributed by atoms with Crippen LogP contribution in [0.25, 0.3) is 0 Å². The summed E-state index contributed by atoms with van der Waals surface area (Å²) in [4.78, 5) is 12.9. The zero-order valence-corrected chi connectivity index (χ0v) is 11.5. The monoisotopic (exact) mass is 288 g/mol. The third-order valence-electron chi connectivity index (χ3n) is 2.69. The van der Waals surface area contributed by atoms with Gasteiger partial charge in [-0.3, -0.25) is 4.79 Å².